The molecule has 0 unspecified atom stereocenters. The molecule has 0 atom stereocenters. The minimum Gasteiger partial charge on any atom is -0.488 e. The fourth-order valence-corrected chi connectivity index (χ4v) is 4.13. The highest BCUT2D eigenvalue weighted by Crippen LogP contribution is 2.26. The maximum atomic E-state index is 13.1. The van der Waals surface area contributed by atoms with Crippen LogP contribution in [-0.4, -0.2) is 40.0 Å². The van der Waals surface area contributed by atoms with E-state index < -0.39 is 0 Å². The van der Waals surface area contributed by atoms with Gasteiger partial charge in [-0.15, -0.1) is 10.2 Å². The zero-order valence-corrected chi connectivity index (χ0v) is 18.2. The van der Waals surface area contributed by atoms with Gasteiger partial charge in [0.25, 0.3) is 5.91 Å². The summed E-state index contributed by atoms with van der Waals surface area (Å²) in [4.78, 5) is 27.3. The first-order valence-corrected chi connectivity index (χ1v) is 11.2. The lowest BCUT2D eigenvalue weighted by Gasteiger charge is -2.31. The van der Waals surface area contributed by atoms with E-state index in [0.29, 0.717) is 47.4 Å². The molecule has 1 N–H and O–H groups in total. The molecule has 1 aromatic heterocycles. The minimum atomic E-state index is -0.153. The Morgan fingerprint density at radius 3 is 2.61 bits per heavy atom. The van der Waals surface area contributed by atoms with Crippen LogP contribution in [0.2, 0.25) is 5.02 Å². The molecule has 1 aliphatic heterocycles. The molecule has 1 saturated heterocycles. The molecule has 0 aliphatic carbocycles. The number of halogens is 1. The number of aromatic nitrogens is 2. The number of para-hydroxylation sites is 1. The summed E-state index contributed by atoms with van der Waals surface area (Å²) in [6.07, 6.45) is 1.19. The van der Waals surface area contributed by atoms with Gasteiger partial charge < -0.3 is 15.0 Å². The monoisotopic (exact) mass is 456 g/mol. The van der Waals surface area contributed by atoms with Crippen LogP contribution in [0.3, 0.4) is 0 Å². The number of piperidine rings is 1. The number of anilines is 1. The van der Waals surface area contributed by atoms with Crippen LogP contribution in [0, 0.1) is 5.92 Å². The Hall–Kier alpha value is -2.97. The van der Waals surface area contributed by atoms with Crippen LogP contribution < -0.4 is 10.1 Å². The molecule has 0 bridgehead atoms. The van der Waals surface area contributed by atoms with Gasteiger partial charge in [0.05, 0.1) is 5.56 Å². The van der Waals surface area contributed by atoms with Crippen LogP contribution in [0.25, 0.3) is 0 Å². The summed E-state index contributed by atoms with van der Waals surface area (Å²) in [5.74, 6) is 0.188. The number of carbonyl (C=O) groups is 2. The molecule has 1 aliphatic rings. The molecule has 0 radical (unpaired) electrons. The Labute approximate surface area is 189 Å². The second-order valence-electron chi connectivity index (χ2n) is 7.18. The normalized spacial score (nSPS) is 14.3. The van der Waals surface area contributed by atoms with Crippen LogP contribution >= 0.6 is 22.9 Å². The van der Waals surface area contributed by atoms with E-state index in [4.69, 9.17) is 16.3 Å². The van der Waals surface area contributed by atoms with Crippen molar-refractivity contribution in [1.29, 1.82) is 0 Å². The lowest BCUT2D eigenvalue weighted by Crippen LogP contribution is -2.41. The quantitative estimate of drug-likeness (QED) is 0.599. The van der Waals surface area contributed by atoms with Crippen LogP contribution in [-0.2, 0) is 11.4 Å². The van der Waals surface area contributed by atoms with Crippen molar-refractivity contribution in [2.45, 2.75) is 19.4 Å². The molecule has 31 heavy (non-hydrogen) atoms. The highest BCUT2D eigenvalue weighted by atomic mass is 35.5. The Morgan fingerprint density at radius 1 is 1.13 bits per heavy atom. The largest absolute Gasteiger partial charge is 0.488 e. The first-order valence-electron chi connectivity index (χ1n) is 9.93. The molecule has 0 spiro atoms. The standard InChI is InChI=1S/C22H21ClN4O3S/c23-18-7-3-1-5-16(18)13-30-19-8-4-2-6-17(19)21(29)27-11-9-15(10-12-27)20(28)25-22-26-24-14-31-22/h1-8,14-15H,9-13H2,(H,25,26,28). The average Bonchev–Trinajstić information content (AvgIpc) is 3.31. The van der Waals surface area contributed by atoms with Crippen LogP contribution in [0.15, 0.2) is 54.0 Å². The van der Waals surface area contributed by atoms with Crippen molar-refractivity contribution >= 4 is 39.9 Å². The molecular formula is C22H21ClN4O3S. The maximum Gasteiger partial charge on any atom is 0.257 e. The lowest BCUT2D eigenvalue weighted by atomic mass is 9.95. The first-order chi connectivity index (χ1) is 15.1. The lowest BCUT2D eigenvalue weighted by molar-refractivity contribution is -0.121. The summed E-state index contributed by atoms with van der Waals surface area (Å²) < 4.78 is 5.93. The number of hydrogen-bond donors (Lipinski definition) is 1. The van der Waals surface area contributed by atoms with E-state index in [-0.39, 0.29) is 24.3 Å². The predicted molar refractivity (Wildman–Crippen MR) is 119 cm³/mol. The smallest absolute Gasteiger partial charge is 0.257 e. The number of rotatable bonds is 6. The third-order valence-electron chi connectivity index (χ3n) is 5.20. The van der Waals surface area contributed by atoms with Crippen molar-refractivity contribution in [2.75, 3.05) is 18.4 Å². The predicted octanol–water partition coefficient (Wildman–Crippen LogP) is 4.26. The van der Waals surface area contributed by atoms with Crippen molar-refractivity contribution in [1.82, 2.24) is 15.1 Å². The van der Waals surface area contributed by atoms with Crippen molar-refractivity contribution < 1.29 is 14.3 Å². The number of likely N-dealkylation sites (tertiary alicyclic amines) is 1. The fraction of sp³-hybridized carbons (Fsp3) is 0.273. The van der Waals surface area contributed by atoms with Gasteiger partial charge in [0, 0.05) is 29.6 Å². The zero-order valence-electron chi connectivity index (χ0n) is 16.7. The van der Waals surface area contributed by atoms with E-state index >= 15 is 0 Å². The maximum absolute atomic E-state index is 13.1. The zero-order chi connectivity index (χ0) is 21.6. The van der Waals surface area contributed by atoms with Gasteiger partial charge >= 0.3 is 0 Å². The second kappa shape index (κ2) is 9.89. The van der Waals surface area contributed by atoms with E-state index in [1.165, 1.54) is 11.3 Å². The van der Waals surface area contributed by atoms with Gasteiger partial charge in [0.1, 0.15) is 17.9 Å². The number of carbonyl (C=O) groups excluding carboxylic acids is 2. The van der Waals surface area contributed by atoms with Crippen LogP contribution in [0.1, 0.15) is 28.8 Å². The summed E-state index contributed by atoms with van der Waals surface area (Å²) in [6.45, 7) is 1.29. The topological polar surface area (TPSA) is 84.4 Å². The van der Waals surface area contributed by atoms with E-state index in [1.807, 2.05) is 36.4 Å². The number of amides is 2. The van der Waals surface area contributed by atoms with Gasteiger partial charge in [-0.2, -0.15) is 0 Å². The van der Waals surface area contributed by atoms with Gasteiger partial charge in [0.15, 0.2) is 0 Å². The Morgan fingerprint density at radius 2 is 1.87 bits per heavy atom. The van der Waals surface area contributed by atoms with Crippen molar-refractivity contribution in [3.05, 3.63) is 70.2 Å². The third-order valence-corrected chi connectivity index (χ3v) is 6.18. The average molecular weight is 457 g/mol. The Kier molecular flexibility index (Phi) is 6.79. The van der Waals surface area contributed by atoms with Gasteiger partial charge in [0.2, 0.25) is 11.0 Å². The van der Waals surface area contributed by atoms with Gasteiger partial charge in [-0.3, -0.25) is 9.59 Å². The van der Waals surface area contributed by atoms with Crippen LogP contribution in [0.4, 0.5) is 5.13 Å². The molecular weight excluding hydrogens is 436 g/mol. The summed E-state index contributed by atoms with van der Waals surface area (Å²) in [5, 5.41) is 11.5. The summed E-state index contributed by atoms with van der Waals surface area (Å²) >= 11 is 7.49. The molecule has 160 valence electrons. The number of nitrogens with one attached hydrogen (secondary N) is 1. The van der Waals surface area contributed by atoms with Gasteiger partial charge in [-0.25, -0.2) is 0 Å². The van der Waals surface area contributed by atoms with E-state index in [9.17, 15) is 9.59 Å². The minimum absolute atomic E-state index is 0.0766. The molecule has 1 fully saturated rings. The SMILES string of the molecule is O=C(Nc1nncs1)C1CCN(C(=O)c2ccccc2OCc2ccccc2Cl)CC1. The number of hydrogen-bond acceptors (Lipinski definition) is 6. The summed E-state index contributed by atoms with van der Waals surface area (Å²) in [5.41, 5.74) is 2.93. The fourth-order valence-electron chi connectivity index (χ4n) is 3.49. The van der Waals surface area contributed by atoms with Crippen molar-refractivity contribution in [2.24, 2.45) is 5.92 Å². The number of nitrogens with zero attached hydrogens (tertiary/aromatic N) is 3. The number of ether oxygens (including phenoxy) is 1. The van der Waals surface area contributed by atoms with E-state index in [2.05, 4.69) is 15.5 Å². The molecule has 2 amide bonds. The second-order valence-corrected chi connectivity index (χ2v) is 8.42. The third kappa shape index (κ3) is 5.21. The highest BCUT2D eigenvalue weighted by Gasteiger charge is 2.29. The molecule has 7 nitrogen and oxygen atoms in total. The molecule has 9 heteroatoms. The Bertz CT molecular complexity index is 1050. The van der Waals surface area contributed by atoms with Crippen molar-refractivity contribution in [3.8, 4) is 5.75 Å². The van der Waals surface area contributed by atoms with E-state index in [1.54, 1.807) is 22.5 Å². The molecule has 2 aromatic carbocycles. The van der Waals surface area contributed by atoms with Crippen molar-refractivity contribution in [3.63, 3.8) is 0 Å². The molecule has 4 rings (SSSR count). The molecule has 3 aromatic rings. The van der Waals surface area contributed by atoms with Gasteiger partial charge in [-0.1, -0.05) is 53.3 Å². The van der Waals surface area contributed by atoms with E-state index in [0.717, 1.165) is 5.56 Å². The van der Waals surface area contributed by atoms with Gasteiger partial charge in [-0.05, 0) is 31.0 Å². The first kappa shape index (κ1) is 21.3. The molecule has 2 heterocycles. The number of benzene rings is 2. The summed E-state index contributed by atoms with van der Waals surface area (Å²) in [6, 6.07) is 14.7. The van der Waals surface area contributed by atoms with Crippen LogP contribution in [0.5, 0.6) is 5.75 Å². The summed E-state index contributed by atoms with van der Waals surface area (Å²) in [7, 11) is 0. The molecule has 0 saturated carbocycles. The Balaban J connectivity index is 1.37. The highest BCUT2D eigenvalue weighted by molar-refractivity contribution is 7.13.